The molecule has 12 heavy (non-hydrogen) atoms. The van der Waals surface area contributed by atoms with Crippen LogP contribution in [0.3, 0.4) is 0 Å². The minimum atomic E-state index is 0.349. The van der Waals surface area contributed by atoms with E-state index in [0.29, 0.717) is 6.04 Å². The fourth-order valence-corrected chi connectivity index (χ4v) is 1.31. The molecule has 0 aliphatic carbocycles. The average molecular weight is 166 g/mol. The van der Waals surface area contributed by atoms with Crippen molar-refractivity contribution in [1.82, 2.24) is 5.32 Å². The van der Waals surface area contributed by atoms with Crippen molar-refractivity contribution in [2.45, 2.75) is 38.6 Å². The first-order valence-electron chi connectivity index (χ1n) is 4.75. The third-order valence-electron chi connectivity index (χ3n) is 2.12. The lowest BCUT2D eigenvalue weighted by Crippen LogP contribution is -2.30. The molecule has 1 heterocycles. The molecule has 0 aromatic heterocycles. The van der Waals surface area contributed by atoms with Crippen LogP contribution in [0.5, 0.6) is 0 Å². The molecule has 0 fully saturated rings. The van der Waals surface area contributed by atoms with E-state index in [1.165, 1.54) is 25.1 Å². The molecule has 0 radical (unpaired) electrons. The van der Waals surface area contributed by atoms with Crippen LogP contribution in [0.15, 0.2) is 17.6 Å². The van der Waals surface area contributed by atoms with E-state index in [9.17, 15) is 0 Å². The summed E-state index contributed by atoms with van der Waals surface area (Å²) in [6, 6.07) is 0.349. The van der Waals surface area contributed by atoms with E-state index in [1.807, 2.05) is 6.08 Å². The monoisotopic (exact) mass is 166 g/mol. The van der Waals surface area contributed by atoms with Gasteiger partial charge in [-0.05, 0) is 19.8 Å². The maximum absolute atomic E-state index is 4.47. The van der Waals surface area contributed by atoms with E-state index < -0.39 is 0 Å². The van der Waals surface area contributed by atoms with Crippen molar-refractivity contribution in [2.75, 3.05) is 6.54 Å². The zero-order chi connectivity index (χ0) is 8.81. The highest BCUT2D eigenvalue weighted by Gasteiger charge is 2.04. The van der Waals surface area contributed by atoms with Crippen LogP contribution in [0.1, 0.15) is 32.6 Å². The highest BCUT2D eigenvalue weighted by molar-refractivity contribution is 5.82. The van der Waals surface area contributed by atoms with Crippen LogP contribution >= 0.6 is 0 Å². The Labute approximate surface area is 74.8 Å². The van der Waals surface area contributed by atoms with Crippen LogP contribution in [-0.2, 0) is 0 Å². The molecule has 0 amide bonds. The van der Waals surface area contributed by atoms with E-state index in [2.05, 4.69) is 23.8 Å². The second-order valence-electron chi connectivity index (χ2n) is 3.31. The molecule has 1 atom stereocenters. The summed E-state index contributed by atoms with van der Waals surface area (Å²) in [6.45, 7) is 6.82. The second-order valence-corrected chi connectivity index (χ2v) is 3.31. The number of hydrogen-bond acceptors (Lipinski definition) is 2. The largest absolute Gasteiger partial charge is 0.368 e. The summed E-state index contributed by atoms with van der Waals surface area (Å²) in [4.78, 5) is 4.47. The van der Waals surface area contributed by atoms with Crippen molar-refractivity contribution in [3.8, 4) is 0 Å². The van der Waals surface area contributed by atoms with Gasteiger partial charge in [-0.15, -0.1) is 6.58 Å². The Balaban J connectivity index is 2.38. The summed E-state index contributed by atoms with van der Waals surface area (Å²) >= 11 is 0. The summed E-state index contributed by atoms with van der Waals surface area (Å²) in [6.07, 6.45) is 6.85. The molecule has 1 N–H and O–H groups in total. The molecule has 1 unspecified atom stereocenters. The first-order chi connectivity index (χ1) is 5.83. The summed E-state index contributed by atoms with van der Waals surface area (Å²) in [7, 11) is 0. The van der Waals surface area contributed by atoms with Crippen molar-refractivity contribution < 1.29 is 0 Å². The van der Waals surface area contributed by atoms with Gasteiger partial charge in [0, 0.05) is 19.0 Å². The van der Waals surface area contributed by atoms with Crippen molar-refractivity contribution in [2.24, 2.45) is 4.99 Å². The SMILES string of the molecule is C=CC(C)NC1=NCCCCC1. The fourth-order valence-electron chi connectivity index (χ4n) is 1.31. The third kappa shape index (κ3) is 3.07. The topological polar surface area (TPSA) is 24.4 Å². The number of nitrogens with zero attached hydrogens (tertiary/aromatic N) is 1. The molecular formula is C10H18N2. The van der Waals surface area contributed by atoms with Crippen molar-refractivity contribution in [3.05, 3.63) is 12.7 Å². The Kier molecular flexibility index (Phi) is 3.85. The van der Waals surface area contributed by atoms with Gasteiger partial charge in [-0.1, -0.05) is 12.5 Å². The van der Waals surface area contributed by atoms with E-state index in [4.69, 9.17) is 0 Å². The predicted molar refractivity (Wildman–Crippen MR) is 53.6 cm³/mol. The van der Waals surface area contributed by atoms with Crippen molar-refractivity contribution >= 4 is 5.84 Å². The lowest BCUT2D eigenvalue weighted by molar-refractivity contribution is 0.724. The molecule has 1 aliphatic heterocycles. The molecule has 0 saturated carbocycles. The molecule has 1 aliphatic rings. The Hall–Kier alpha value is -0.790. The van der Waals surface area contributed by atoms with Gasteiger partial charge in [0.15, 0.2) is 0 Å². The van der Waals surface area contributed by atoms with Crippen LogP contribution in [-0.4, -0.2) is 18.4 Å². The average Bonchev–Trinajstić information content (AvgIpc) is 2.33. The minimum Gasteiger partial charge on any atom is -0.368 e. The van der Waals surface area contributed by atoms with E-state index in [1.54, 1.807) is 0 Å². The lowest BCUT2D eigenvalue weighted by atomic mass is 10.2. The Bertz CT molecular complexity index is 173. The zero-order valence-electron chi connectivity index (χ0n) is 7.84. The number of nitrogens with one attached hydrogen (secondary N) is 1. The number of aliphatic imine (C=N–C) groups is 1. The summed E-state index contributed by atoms with van der Waals surface area (Å²) in [5, 5.41) is 3.34. The minimum absolute atomic E-state index is 0.349. The summed E-state index contributed by atoms with van der Waals surface area (Å²) in [5.74, 6) is 1.17. The fraction of sp³-hybridized carbons (Fsp3) is 0.700. The third-order valence-corrected chi connectivity index (χ3v) is 2.12. The Morgan fingerprint density at radius 2 is 2.33 bits per heavy atom. The zero-order valence-corrected chi connectivity index (χ0v) is 7.84. The highest BCUT2D eigenvalue weighted by Crippen LogP contribution is 2.06. The molecule has 2 heteroatoms. The quantitative estimate of drug-likeness (QED) is 0.624. The van der Waals surface area contributed by atoms with Crippen molar-refractivity contribution in [3.63, 3.8) is 0 Å². The highest BCUT2D eigenvalue weighted by atomic mass is 15.0. The normalized spacial score (nSPS) is 20.6. The molecule has 0 saturated heterocycles. The standard InChI is InChI=1S/C10H18N2/c1-3-9(2)12-10-7-5-4-6-8-11-10/h3,9H,1,4-8H2,2H3,(H,11,12). The van der Waals surface area contributed by atoms with Crippen LogP contribution in [0, 0.1) is 0 Å². The summed E-state index contributed by atoms with van der Waals surface area (Å²) < 4.78 is 0. The van der Waals surface area contributed by atoms with Gasteiger partial charge in [0.05, 0.1) is 5.84 Å². The second kappa shape index (κ2) is 4.96. The smallest absolute Gasteiger partial charge is 0.0967 e. The maximum atomic E-state index is 4.47. The summed E-state index contributed by atoms with van der Waals surface area (Å²) in [5.41, 5.74) is 0. The van der Waals surface area contributed by atoms with Gasteiger partial charge in [0.2, 0.25) is 0 Å². The van der Waals surface area contributed by atoms with Gasteiger partial charge in [0.25, 0.3) is 0 Å². The van der Waals surface area contributed by atoms with E-state index >= 15 is 0 Å². The lowest BCUT2D eigenvalue weighted by Gasteiger charge is -2.11. The van der Waals surface area contributed by atoms with E-state index in [0.717, 1.165) is 13.0 Å². The molecule has 2 nitrogen and oxygen atoms in total. The molecule has 0 spiro atoms. The molecule has 0 bridgehead atoms. The molecule has 68 valence electrons. The van der Waals surface area contributed by atoms with Crippen LogP contribution in [0.2, 0.25) is 0 Å². The van der Waals surface area contributed by atoms with Crippen LogP contribution in [0.25, 0.3) is 0 Å². The Morgan fingerprint density at radius 3 is 3.08 bits per heavy atom. The van der Waals surface area contributed by atoms with Gasteiger partial charge in [-0.3, -0.25) is 4.99 Å². The predicted octanol–water partition coefficient (Wildman–Crippen LogP) is 2.12. The molecule has 0 aromatic carbocycles. The molecule has 0 aromatic rings. The van der Waals surface area contributed by atoms with Crippen LogP contribution < -0.4 is 5.32 Å². The van der Waals surface area contributed by atoms with Gasteiger partial charge in [-0.2, -0.15) is 0 Å². The van der Waals surface area contributed by atoms with Gasteiger partial charge in [-0.25, -0.2) is 0 Å². The first kappa shape index (κ1) is 9.30. The first-order valence-corrected chi connectivity index (χ1v) is 4.75. The maximum Gasteiger partial charge on any atom is 0.0967 e. The Morgan fingerprint density at radius 1 is 1.50 bits per heavy atom. The number of hydrogen-bond donors (Lipinski definition) is 1. The van der Waals surface area contributed by atoms with E-state index in [-0.39, 0.29) is 0 Å². The van der Waals surface area contributed by atoms with Gasteiger partial charge in [0.1, 0.15) is 0 Å². The number of rotatable bonds is 2. The molecule has 1 rings (SSSR count). The molecular weight excluding hydrogens is 148 g/mol. The van der Waals surface area contributed by atoms with Crippen LogP contribution in [0.4, 0.5) is 0 Å². The number of amidine groups is 1. The van der Waals surface area contributed by atoms with Gasteiger partial charge >= 0.3 is 0 Å². The van der Waals surface area contributed by atoms with Crippen molar-refractivity contribution in [1.29, 1.82) is 0 Å². The van der Waals surface area contributed by atoms with Gasteiger partial charge < -0.3 is 5.32 Å².